The number of hydrogen-bond donors (Lipinski definition) is 2. The fraction of sp³-hybridized carbons (Fsp3) is 0.667. The van der Waals surface area contributed by atoms with Crippen molar-refractivity contribution in [3.8, 4) is 0 Å². The number of carbonyl (C=O) groups is 4. The number of likely N-dealkylation sites (tertiary alicyclic amines) is 1. The van der Waals surface area contributed by atoms with Crippen molar-refractivity contribution in [3.05, 3.63) is 12.7 Å². The summed E-state index contributed by atoms with van der Waals surface area (Å²) >= 11 is 3.59. The number of nitrogens with zero attached hydrogens (tertiary/aromatic N) is 1. The van der Waals surface area contributed by atoms with Gasteiger partial charge in [-0.2, -0.15) is 0 Å². The molecule has 0 saturated carbocycles. The van der Waals surface area contributed by atoms with E-state index in [0.29, 0.717) is 25.8 Å². The zero-order chi connectivity index (χ0) is 20.0. The molecule has 2 aliphatic rings. The molecule has 0 aromatic rings. The van der Waals surface area contributed by atoms with Crippen LogP contribution in [0.3, 0.4) is 0 Å². The largest absolute Gasteiger partial charge is 0.346 e. The molecule has 1 unspecified atom stereocenters. The lowest BCUT2D eigenvalue weighted by molar-refractivity contribution is -0.141. The zero-order valence-corrected chi connectivity index (χ0v) is 17.4. The average molecular weight is 414 g/mol. The summed E-state index contributed by atoms with van der Waals surface area (Å²) in [5.74, 6) is 0.0948. The Labute approximate surface area is 168 Å². The predicted octanol–water partition coefficient (Wildman–Crippen LogP) is 0.940. The maximum atomic E-state index is 12.9. The Balaban J connectivity index is 2.08. The van der Waals surface area contributed by atoms with Crippen LogP contribution in [0, 0.1) is 0 Å². The highest BCUT2D eigenvalue weighted by atomic mass is 32.2. The van der Waals surface area contributed by atoms with Gasteiger partial charge in [0, 0.05) is 37.9 Å². The number of amides is 3. The Bertz CT molecular complexity index is 620. The van der Waals surface area contributed by atoms with Gasteiger partial charge in [0.1, 0.15) is 6.04 Å². The molecule has 2 heterocycles. The maximum absolute atomic E-state index is 12.9. The molecule has 3 amide bonds. The topological polar surface area (TPSA) is 95.6 Å². The second-order valence-corrected chi connectivity index (χ2v) is 9.90. The summed E-state index contributed by atoms with van der Waals surface area (Å²) in [6.07, 6.45) is 3.05. The lowest BCUT2D eigenvalue weighted by Crippen LogP contribution is -2.53. The van der Waals surface area contributed by atoms with Crippen molar-refractivity contribution in [2.75, 3.05) is 24.6 Å². The fourth-order valence-electron chi connectivity index (χ4n) is 3.35. The smallest absolute Gasteiger partial charge is 0.289 e. The zero-order valence-electron chi connectivity index (χ0n) is 15.8. The molecule has 150 valence electrons. The van der Waals surface area contributed by atoms with Gasteiger partial charge in [-0.05, 0) is 6.42 Å². The van der Waals surface area contributed by atoms with Crippen molar-refractivity contribution in [1.82, 2.24) is 15.5 Å². The van der Waals surface area contributed by atoms with Crippen molar-refractivity contribution < 1.29 is 19.2 Å². The maximum Gasteiger partial charge on any atom is 0.289 e. The Kier molecular flexibility index (Phi) is 7.79. The summed E-state index contributed by atoms with van der Waals surface area (Å²) in [7, 11) is 0. The minimum Gasteiger partial charge on any atom is -0.346 e. The summed E-state index contributed by atoms with van der Waals surface area (Å²) in [4.78, 5) is 50.9. The molecular formula is C18H27N3O4S2. The molecule has 0 radical (unpaired) electrons. The molecule has 0 aromatic carbocycles. The van der Waals surface area contributed by atoms with Crippen LogP contribution in [0.2, 0.25) is 0 Å². The summed E-state index contributed by atoms with van der Waals surface area (Å²) in [6, 6.07) is -1.49. The molecule has 2 rings (SSSR count). The van der Waals surface area contributed by atoms with Gasteiger partial charge >= 0.3 is 0 Å². The van der Waals surface area contributed by atoms with Crippen LogP contribution < -0.4 is 10.6 Å². The van der Waals surface area contributed by atoms with E-state index in [9.17, 15) is 19.2 Å². The molecule has 1 spiro atoms. The van der Waals surface area contributed by atoms with Crippen LogP contribution in [-0.2, 0) is 19.2 Å². The molecule has 2 fully saturated rings. The third-order valence-corrected chi connectivity index (χ3v) is 8.08. The third kappa shape index (κ3) is 5.28. The van der Waals surface area contributed by atoms with Crippen LogP contribution in [0.4, 0.5) is 0 Å². The quantitative estimate of drug-likeness (QED) is 0.454. The van der Waals surface area contributed by atoms with Crippen molar-refractivity contribution in [3.63, 3.8) is 0 Å². The number of nitrogens with one attached hydrogen (secondary N) is 2. The molecule has 2 atom stereocenters. The first-order valence-corrected chi connectivity index (χ1v) is 11.1. The average Bonchev–Trinajstić information content (AvgIpc) is 3.26. The van der Waals surface area contributed by atoms with Crippen molar-refractivity contribution >= 4 is 47.0 Å². The summed E-state index contributed by atoms with van der Waals surface area (Å²) in [5, 5.41) is 5.17. The van der Waals surface area contributed by atoms with Gasteiger partial charge in [0.2, 0.25) is 17.6 Å². The van der Waals surface area contributed by atoms with E-state index in [-0.39, 0.29) is 22.4 Å². The van der Waals surface area contributed by atoms with E-state index in [1.54, 1.807) is 28.4 Å². The van der Waals surface area contributed by atoms with E-state index in [1.165, 1.54) is 13.0 Å². The minimum atomic E-state index is -0.887. The Morgan fingerprint density at radius 3 is 2.52 bits per heavy atom. The second-order valence-electron chi connectivity index (χ2n) is 6.69. The molecule has 2 N–H and O–H groups in total. The number of rotatable bonds is 8. The molecule has 2 saturated heterocycles. The minimum absolute atomic E-state index is 0.140. The molecule has 0 bridgehead atoms. The number of carbonyl (C=O) groups excluding carboxylic acids is 4. The lowest BCUT2D eigenvalue weighted by Gasteiger charge is -2.24. The van der Waals surface area contributed by atoms with Crippen molar-refractivity contribution in [2.24, 2.45) is 0 Å². The molecule has 0 aliphatic carbocycles. The first kappa shape index (κ1) is 21.8. The first-order chi connectivity index (χ1) is 12.8. The number of ketones is 1. The monoisotopic (exact) mass is 413 g/mol. The van der Waals surface area contributed by atoms with Crippen LogP contribution >= 0.6 is 23.5 Å². The number of hydrogen-bond acceptors (Lipinski definition) is 6. The molecule has 7 nitrogen and oxygen atoms in total. The molecular weight excluding hydrogens is 386 g/mol. The van der Waals surface area contributed by atoms with E-state index < -0.39 is 23.8 Å². The van der Waals surface area contributed by atoms with Crippen LogP contribution in [-0.4, -0.2) is 69.2 Å². The normalized spacial score (nSPS) is 21.7. The lowest BCUT2D eigenvalue weighted by atomic mass is 10.1. The standard InChI is InChI=1S/C18H27N3O4S2/c1-4-6-13(15(23)17(25)19-7-5-2)20-16(24)14-10-18(26-8-9-27-18)11-21(14)12(3)22/h5,13-14H,2,4,6-11H2,1,3H3,(H,19,25)(H,20,24)/t13?,14-/m0/s1. The highest BCUT2D eigenvalue weighted by Gasteiger charge is 2.50. The number of Topliss-reactive ketones (excluding diaryl/α,β-unsaturated/α-hetero) is 1. The van der Waals surface area contributed by atoms with Crippen LogP contribution in [0.1, 0.15) is 33.1 Å². The first-order valence-electron chi connectivity index (χ1n) is 9.12. The number of thioether (sulfide) groups is 2. The van der Waals surface area contributed by atoms with E-state index in [0.717, 1.165) is 11.5 Å². The highest BCUT2D eigenvalue weighted by Crippen LogP contribution is 2.51. The van der Waals surface area contributed by atoms with Gasteiger partial charge in [-0.15, -0.1) is 30.1 Å². The summed E-state index contributed by atoms with van der Waals surface area (Å²) < 4.78 is -0.140. The van der Waals surface area contributed by atoms with Crippen LogP contribution in [0.15, 0.2) is 12.7 Å². The van der Waals surface area contributed by atoms with Gasteiger partial charge in [0.25, 0.3) is 5.91 Å². The van der Waals surface area contributed by atoms with Crippen molar-refractivity contribution in [2.45, 2.75) is 49.3 Å². The Morgan fingerprint density at radius 2 is 1.96 bits per heavy atom. The Morgan fingerprint density at radius 1 is 1.30 bits per heavy atom. The molecule has 9 heteroatoms. The van der Waals surface area contributed by atoms with Gasteiger partial charge in [-0.3, -0.25) is 19.2 Å². The Hall–Kier alpha value is -1.48. The molecule has 0 aromatic heterocycles. The van der Waals surface area contributed by atoms with E-state index >= 15 is 0 Å². The summed E-state index contributed by atoms with van der Waals surface area (Å²) in [5.41, 5.74) is 0. The highest BCUT2D eigenvalue weighted by molar-refractivity contribution is 8.21. The van der Waals surface area contributed by atoms with Gasteiger partial charge in [0.05, 0.1) is 10.1 Å². The summed E-state index contributed by atoms with van der Waals surface area (Å²) in [6.45, 7) is 7.56. The van der Waals surface area contributed by atoms with Crippen molar-refractivity contribution in [1.29, 1.82) is 0 Å². The molecule has 2 aliphatic heterocycles. The van der Waals surface area contributed by atoms with Crippen LogP contribution in [0.5, 0.6) is 0 Å². The molecule has 27 heavy (non-hydrogen) atoms. The van der Waals surface area contributed by atoms with Gasteiger partial charge in [-0.25, -0.2) is 0 Å². The SMILES string of the molecule is C=CCNC(=O)C(=O)C(CCC)NC(=O)[C@@H]1CC2(CN1C(C)=O)SCCS2. The fourth-order valence-corrected chi connectivity index (χ4v) is 6.60. The van der Waals surface area contributed by atoms with E-state index in [2.05, 4.69) is 17.2 Å². The third-order valence-electron chi connectivity index (χ3n) is 4.65. The van der Waals surface area contributed by atoms with E-state index in [4.69, 9.17) is 0 Å². The van der Waals surface area contributed by atoms with Gasteiger partial charge < -0.3 is 15.5 Å². The second kappa shape index (κ2) is 9.64. The van der Waals surface area contributed by atoms with Gasteiger partial charge in [0.15, 0.2) is 0 Å². The van der Waals surface area contributed by atoms with Crippen LogP contribution in [0.25, 0.3) is 0 Å². The predicted molar refractivity (Wildman–Crippen MR) is 108 cm³/mol. The van der Waals surface area contributed by atoms with E-state index in [1.807, 2.05) is 6.92 Å². The van der Waals surface area contributed by atoms with Gasteiger partial charge in [-0.1, -0.05) is 19.4 Å².